The molecule has 0 atom stereocenters. The maximum absolute atomic E-state index is 10.5. The van der Waals surface area contributed by atoms with Crippen molar-refractivity contribution in [1.82, 2.24) is 0 Å². The van der Waals surface area contributed by atoms with Crippen LogP contribution in [0.5, 0.6) is 0 Å². The van der Waals surface area contributed by atoms with E-state index in [1.54, 1.807) is 24.3 Å². The van der Waals surface area contributed by atoms with Gasteiger partial charge in [-0.3, -0.25) is 25.0 Å². The number of hydrogen-bond donors (Lipinski definition) is 1. The summed E-state index contributed by atoms with van der Waals surface area (Å²) < 4.78 is 0. The molecule has 2 aromatic carbocycles. The molecule has 0 amide bonds. The van der Waals surface area contributed by atoms with Gasteiger partial charge < -0.3 is 5.11 Å². The summed E-state index contributed by atoms with van der Waals surface area (Å²) in [5.41, 5.74) is 0.101. The SMILES string of the molecule is O=CO.O=[N+]([O-])c1ccc(SSc2ccc([N+](=O)[O-])cc2)cc1. The molecule has 0 saturated heterocycles. The van der Waals surface area contributed by atoms with Crippen LogP contribution in [-0.2, 0) is 4.79 Å². The fraction of sp³-hybridized carbons (Fsp3) is 0. The zero-order valence-electron chi connectivity index (χ0n) is 11.4. The highest BCUT2D eigenvalue weighted by Gasteiger charge is 2.06. The topological polar surface area (TPSA) is 124 Å². The molecule has 0 aliphatic rings. The molecule has 2 rings (SSSR count). The normalized spacial score (nSPS) is 9.39. The minimum absolute atomic E-state index is 0.0506. The summed E-state index contributed by atoms with van der Waals surface area (Å²) in [4.78, 5) is 30.3. The molecule has 120 valence electrons. The van der Waals surface area contributed by atoms with Crippen molar-refractivity contribution in [2.75, 3.05) is 0 Å². The Balaban J connectivity index is 0.000000816. The Morgan fingerprint density at radius 3 is 1.26 bits per heavy atom. The average molecular weight is 354 g/mol. The van der Waals surface area contributed by atoms with Gasteiger partial charge in [0, 0.05) is 34.1 Å². The Kier molecular flexibility index (Phi) is 7.57. The van der Waals surface area contributed by atoms with Crippen molar-refractivity contribution in [3.8, 4) is 0 Å². The number of nitrogens with zero attached hydrogens (tertiary/aromatic N) is 2. The lowest BCUT2D eigenvalue weighted by Crippen LogP contribution is -1.86. The van der Waals surface area contributed by atoms with Gasteiger partial charge in [0.05, 0.1) is 9.85 Å². The highest BCUT2D eigenvalue weighted by atomic mass is 33.1. The molecule has 0 aliphatic heterocycles. The summed E-state index contributed by atoms with van der Waals surface area (Å²) in [5, 5.41) is 27.9. The molecule has 0 fully saturated rings. The van der Waals surface area contributed by atoms with Gasteiger partial charge >= 0.3 is 0 Å². The van der Waals surface area contributed by atoms with E-state index in [4.69, 9.17) is 9.90 Å². The Bertz CT molecular complexity index is 618. The molecular weight excluding hydrogens is 344 g/mol. The lowest BCUT2D eigenvalue weighted by atomic mass is 10.3. The van der Waals surface area contributed by atoms with Gasteiger partial charge in [0.15, 0.2) is 0 Å². The second-order valence-electron chi connectivity index (χ2n) is 3.77. The summed E-state index contributed by atoms with van der Waals surface area (Å²) >= 11 is 0. The van der Waals surface area contributed by atoms with Crippen LogP contribution in [0.4, 0.5) is 11.4 Å². The molecule has 1 N–H and O–H groups in total. The van der Waals surface area contributed by atoms with E-state index < -0.39 is 9.85 Å². The fourth-order valence-corrected chi connectivity index (χ4v) is 3.27. The number of rotatable bonds is 5. The number of nitro groups is 2. The minimum atomic E-state index is -0.447. The molecule has 0 bridgehead atoms. The number of carboxylic acid groups (broad SMARTS) is 1. The Hall–Kier alpha value is -2.59. The largest absolute Gasteiger partial charge is 0.483 e. The van der Waals surface area contributed by atoms with Gasteiger partial charge in [-0.15, -0.1) is 0 Å². The van der Waals surface area contributed by atoms with Crippen LogP contribution in [0, 0.1) is 20.2 Å². The average Bonchev–Trinajstić information content (AvgIpc) is 2.54. The van der Waals surface area contributed by atoms with Gasteiger partial charge in [0.1, 0.15) is 0 Å². The first kappa shape index (κ1) is 18.5. The standard InChI is InChI=1S/C12H8N2O4S2.CH2O2/c15-13(16)9-1-5-11(6-2-9)19-20-12-7-3-10(4-8-12)14(17)18;2-1-3/h1-8H;1H,(H,2,3). The Labute approximate surface area is 138 Å². The highest BCUT2D eigenvalue weighted by Crippen LogP contribution is 2.38. The van der Waals surface area contributed by atoms with Gasteiger partial charge in [0.25, 0.3) is 17.8 Å². The maximum atomic E-state index is 10.5. The Morgan fingerprint density at radius 1 is 0.783 bits per heavy atom. The molecule has 0 spiro atoms. The summed E-state index contributed by atoms with van der Waals surface area (Å²) in [6.45, 7) is -0.250. The number of benzene rings is 2. The molecule has 0 aliphatic carbocycles. The van der Waals surface area contributed by atoms with Crippen molar-refractivity contribution in [3.63, 3.8) is 0 Å². The van der Waals surface area contributed by atoms with Gasteiger partial charge in [0.2, 0.25) is 0 Å². The molecule has 0 radical (unpaired) electrons. The van der Waals surface area contributed by atoms with Crippen LogP contribution in [0.15, 0.2) is 58.3 Å². The molecule has 0 heterocycles. The van der Waals surface area contributed by atoms with Crippen molar-refractivity contribution in [2.24, 2.45) is 0 Å². The van der Waals surface area contributed by atoms with Crippen molar-refractivity contribution < 1.29 is 19.7 Å². The van der Waals surface area contributed by atoms with Crippen LogP contribution in [0.1, 0.15) is 0 Å². The quantitative estimate of drug-likeness (QED) is 0.370. The van der Waals surface area contributed by atoms with Gasteiger partial charge in [-0.1, -0.05) is 21.6 Å². The first-order valence-electron chi connectivity index (χ1n) is 5.89. The second kappa shape index (κ2) is 9.43. The third kappa shape index (κ3) is 6.36. The van der Waals surface area contributed by atoms with Crippen molar-refractivity contribution in [2.45, 2.75) is 9.79 Å². The first-order valence-corrected chi connectivity index (χ1v) is 8.04. The van der Waals surface area contributed by atoms with Crippen LogP contribution in [0.25, 0.3) is 0 Å². The number of hydrogen-bond acceptors (Lipinski definition) is 7. The van der Waals surface area contributed by atoms with Crippen LogP contribution < -0.4 is 0 Å². The molecule has 0 unspecified atom stereocenters. The molecule has 0 saturated carbocycles. The highest BCUT2D eigenvalue weighted by molar-refractivity contribution is 8.76. The molecule has 23 heavy (non-hydrogen) atoms. The third-order valence-corrected chi connectivity index (χ3v) is 4.75. The van der Waals surface area contributed by atoms with Crippen LogP contribution in [0.3, 0.4) is 0 Å². The summed E-state index contributed by atoms with van der Waals surface area (Å²) in [7, 11) is 2.86. The van der Waals surface area contributed by atoms with E-state index in [1.165, 1.54) is 45.9 Å². The lowest BCUT2D eigenvalue weighted by molar-refractivity contribution is -0.385. The monoisotopic (exact) mass is 354 g/mol. The molecule has 2 aromatic rings. The van der Waals surface area contributed by atoms with Crippen molar-refractivity contribution in [1.29, 1.82) is 0 Å². The predicted molar refractivity (Wildman–Crippen MR) is 86.6 cm³/mol. The Morgan fingerprint density at radius 2 is 1.04 bits per heavy atom. The zero-order chi connectivity index (χ0) is 17.2. The van der Waals surface area contributed by atoms with Gasteiger partial charge in [-0.05, 0) is 24.3 Å². The predicted octanol–water partition coefficient (Wildman–Crippen LogP) is 4.00. The fourth-order valence-electron chi connectivity index (χ4n) is 1.34. The van der Waals surface area contributed by atoms with Crippen LogP contribution in [0.2, 0.25) is 0 Å². The molecule has 0 aromatic heterocycles. The number of nitro benzene ring substituents is 2. The van der Waals surface area contributed by atoms with Crippen LogP contribution in [-0.4, -0.2) is 21.4 Å². The smallest absolute Gasteiger partial charge is 0.290 e. The maximum Gasteiger partial charge on any atom is 0.290 e. The zero-order valence-corrected chi connectivity index (χ0v) is 13.0. The summed E-state index contributed by atoms with van der Waals surface area (Å²) in [6, 6.07) is 12.4. The van der Waals surface area contributed by atoms with E-state index in [9.17, 15) is 20.2 Å². The van der Waals surface area contributed by atoms with Crippen molar-refractivity contribution >= 4 is 39.4 Å². The van der Waals surface area contributed by atoms with E-state index in [1.807, 2.05) is 0 Å². The van der Waals surface area contributed by atoms with Crippen LogP contribution >= 0.6 is 21.6 Å². The molecular formula is C13H10N2O6S2. The van der Waals surface area contributed by atoms with E-state index in [0.717, 1.165) is 9.79 Å². The van der Waals surface area contributed by atoms with Gasteiger partial charge in [-0.2, -0.15) is 0 Å². The van der Waals surface area contributed by atoms with Crippen molar-refractivity contribution in [3.05, 3.63) is 68.8 Å². The molecule has 10 heteroatoms. The van der Waals surface area contributed by atoms with E-state index >= 15 is 0 Å². The number of non-ortho nitro benzene ring substituents is 2. The van der Waals surface area contributed by atoms with Gasteiger partial charge in [-0.25, -0.2) is 0 Å². The molecule has 8 nitrogen and oxygen atoms in total. The van der Waals surface area contributed by atoms with E-state index in [0.29, 0.717) is 0 Å². The number of carbonyl (C=O) groups is 1. The third-order valence-electron chi connectivity index (χ3n) is 2.33. The second-order valence-corrected chi connectivity index (χ2v) is 6.05. The summed E-state index contributed by atoms with van der Waals surface area (Å²) in [5.74, 6) is 0. The summed E-state index contributed by atoms with van der Waals surface area (Å²) in [6.07, 6.45) is 0. The van der Waals surface area contributed by atoms with E-state index in [-0.39, 0.29) is 17.8 Å². The van der Waals surface area contributed by atoms with E-state index in [2.05, 4.69) is 0 Å². The first-order chi connectivity index (χ1) is 11.0. The lowest BCUT2D eigenvalue weighted by Gasteiger charge is -2.01. The minimum Gasteiger partial charge on any atom is -0.483 e.